The normalized spacial score (nSPS) is 25.5. The first kappa shape index (κ1) is 15.8. The third-order valence-electron chi connectivity index (χ3n) is 4.59. The Labute approximate surface area is 115 Å². The zero-order chi connectivity index (χ0) is 14.6. The van der Waals surface area contributed by atoms with E-state index in [1.165, 1.54) is 0 Å². The summed E-state index contributed by atoms with van der Waals surface area (Å²) in [6.45, 7) is 8.83. The molecule has 1 fully saturated rings. The van der Waals surface area contributed by atoms with Gasteiger partial charge >= 0.3 is 0 Å². The third kappa shape index (κ3) is 2.85. The number of rotatable bonds is 4. The summed E-state index contributed by atoms with van der Waals surface area (Å²) in [5, 5.41) is 12.1. The molecule has 19 heavy (non-hydrogen) atoms. The van der Waals surface area contributed by atoms with Crippen LogP contribution in [0.5, 0.6) is 0 Å². The van der Waals surface area contributed by atoms with Crippen LogP contribution in [-0.2, 0) is 4.79 Å². The smallest absolute Gasteiger partial charge is 0.236 e. The van der Waals surface area contributed by atoms with Gasteiger partial charge in [-0.15, -0.1) is 0 Å². The van der Waals surface area contributed by atoms with Gasteiger partial charge in [0.25, 0.3) is 0 Å². The maximum atomic E-state index is 12.9. The van der Waals surface area contributed by atoms with Crippen LogP contribution in [0.4, 0.5) is 0 Å². The number of likely N-dealkylation sites (tertiary alicyclic amines) is 1. The van der Waals surface area contributed by atoms with Gasteiger partial charge in [0, 0.05) is 12.6 Å². The van der Waals surface area contributed by atoms with Gasteiger partial charge in [-0.1, -0.05) is 25.9 Å². The first-order valence-corrected chi connectivity index (χ1v) is 7.22. The molecule has 1 rings (SSSR count). The van der Waals surface area contributed by atoms with Crippen LogP contribution < -0.4 is 5.73 Å². The van der Waals surface area contributed by atoms with E-state index in [-0.39, 0.29) is 17.8 Å². The molecular formula is C14H27N3O2. The van der Waals surface area contributed by atoms with Gasteiger partial charge in [-0.25, -0.2) is 0 Å². The molecule has 1 aliphatic heterocycles. The minimum absolute atomic E-state index is 0.00634. The predicted octanol–water partition coefficient (Wildman–Crippen LogP) is 2.19. The fourth-order valence-corrected chi connectivity index (χ4v) is 2.97. The van der Waals surface area contributed by atoms with Crippen LogP contribution >= 0.6 is 0 Å². The molecule has 2 atom stereocenters. The third-order valence-corrected chi connectivity index (χ3v) is 4.59. The molecular weight excluding hydrogens is 242 g/mol. The summed E-state index contributed by atoms with van der Waals surface area (Å²) in [5.41, 5.74) is 4.95. The number of piperidine rings is 1. The van der Waals surface area contributed by atoms with Crippen LogP contribution in [0, 0.1) is 11.3 Å². The Kier molecular flexibility index (Phi) is 5.20. The molecule has 1 aliphatic rings. The topological polar surface area (TPSA) is 78.9 Å². The van der Waals surface area contributed by atoms with Crippen LogP contribution in [0.15, 0.2) is 5.16 Å². The van der Waals surface area contributed by atoms with Crippen molar-refractivity contribution in [3.05, 3.63) is 0 Å². The van der Waals surface area contributed by atoms with Crippen molar-refractivity contribution in [1.29, 1.82) is 0 Å². The van der Waals surface area contributed by atoms with Crippen LogP contribution in [0.2, 0.25) is 0 Å². The highest BCUT2D eigenvalue weighted by atomic mass is 16.4. The lowest BCUT2D eigenvalue weighted by Gasteiger charge is -2.42. The van der Waals surface area contributed by atoms with E-state index in [0.29, 0.717) is 18.8 Å². The van der Waals surface area contributed by atoms with Gasteiger partial charge < -0.3 is 15.8 Å². The van der Waals surface area contributed by atoms with E-state index < -0.39 is 5.41 Å². The van der Waals surface area contributed by atoms with Gasteiger partial charge in [-0.3, -0.25) is 4.79 Å². The van der Waals surface area contributed by atoms with E-state index in [1.54, 1.807) is 0 Å². The highest BCUT2D eigenvalue weighted by Gasteiger charge is 2.44. The lowest BCUT2D eigenvalue weighted by Crippen LogP contribution is -2.55. The van der Waals surface area contributed by atoms with Crippen LogP contribution in [0.25, 0.3) is 0 Å². The summed E-state index contributed by atoms with van der Waals surface area (Å²) in [5.74, 6) is 0.554. The van der Waals surface area contributed by atoms with Crippen molar-refractivity contribution in [1.82, 2.24) is 4.90 Å². The maximum absolute atomic E-state index is 12.9. The molecule has 2 unspecified atom stereocenters. The number of carbonyl (C=O) groups is 1. The van der Waals surface area contributed by atoms with Gasteiger partial charge in [0.15, 0.2) is 5.84 Å². The fourth-order valence-electron chi connectivity index (χ4n) is 2.97. The number of carbonyl (C=O) groups excluding carboxylic acids is 1. The van der Waals surface area contributed by atoms with Crippen molar-refractivity contribution in [2.75, 3.05) is 6.54 Å². The number of hydrogen-bond acceptors (Lipinski definition) is 3. The summed E-state index contributed by atoms with van der Waals surface area (Å²) in [6.07, 6.45) is 3.28. The van der Waals surface area contributed by atoms with Crippen molar-refractivity contribution < 1.29 is 10.0 Å². The number of hydrogen-bond donors (Lipinski definition) is 2. The van der Waals surface area contributed by atoms with Gasteiger partial charge in [0.05, 0.1) is 0 Å². The van der Waals surface area contributed by atoms with Crippen molar-refractivity contribution in [2.24, 2.45) is 22.2 Å². The molecule has 0 spiro atoms. The largest absolute Gasteiger partial charge is 0.409 e. The van der Waals surface area contributed by atoms with Crippen LogP contribution in [-0.4, -0.2) is 34.4 Å². The minimum Gasteiger partial charge on any atom is -0.409 e. The Morgan fingerprint density at radius 3 is 2.42 bits per heavy atom. The summed E-state index contributed by atoms with van der Waals surface area (Å²) in [7, 11) is 0. The molecule has 5 nitrogen and oxygen atoms in total. The first-order valence-electron chi connectivity index (χ1n) is 7.22. The van der Waals surface area contributed by atoms with E-state index >= 15 is 0 Å². The van der Waals surface area contributed by atoms with Crippen molar-refractivity contribution in [3.63, 3.8) is 0 Å². The average molecular weight is 269 g/mol. The summed E-state index contributed by atoms with van der Waals surface area (Å²) < 4.78 is 0. The van der Waals surface area contributed by atoms with Gasteiger partial charge in [0.2, 0.25) is 5.91 Å². The Morgan fingerprint density at radius 2 is 1.95 bits per heavy atom. The second-order valence-electron chi connectivity index (χ2n) is 5.76. The second kappa shape index (κ2) is 6.26. The van der Waals surface area contributed by atoms with Crippen molar-refractivity contribution >= 4 is 11.7 Å². The predicted molar refractivity (Wildman–Crippen MR) is 76.0 cm³/mol. The Hall–Kier alpha value is -1.26. The molecule has 110 valence electrons. The molecule has 1 amide bonds. The van der Waals surface area contributed by atoms with E-state index in [0.717, 1.165) is 19.4 Å². The van der Waals surface area contributed by atoms with Gasteiger partial charge in [0.1, 0.15) is 5.41 Å². The molecule has 0 aromatic rings. The van der Waals surface area contributed by atoms with Crippen LogP contribution in [0.1, 0.15) is 53.4 Å². The fraction of sp³-hybridized carbons (Fsp3) is 0.857. The van der Waals surface area contributed by atoms with E-state index in [1.807, 2.05) is 18.7 Å². The number of nitrogens with zero attached hydrogens (tertiary/aromatic N) is 2. The zero-order valence-electron chi connectivity index (χ0n) is 12.5. The molecule has 1 saturated heterocycles. The molecule has 0 aromatic carbocycles. The standard InChI is InChI=1S/C14H27N3O2/c1-5-14(6-2,12(15)16-19)13(18)17-9-10(3)7-8-11(17)4/h10-11,19H,5-9H2,1-4H3,(H2,15,16). The minimum atomic E-state index is -0.861. The summed E-state index contributed by atoms with van der Waals surface area (Å²) in [6, 6.07) is 0.229. The number of nitrogens with two attached hydrogens (primary N) is 1. The molecule has 3 N–H and O–H groups in total. The summed E-state index contributed by atoms with van der Waals surface area (Å²) in [4.78, 5) is 14.8. The molecule has 0 saturated carbocycles. The molecule has 0 aromatic heterocycles. The average Bonchev–Trinajstić information content (AvgIpc) is 2.42. The quantitative estimate of drug-likeness (QED) is 0.355. The molecule has 0 radical (unpaired) electrons. The number of amides is 1. The van der Waals surface area contributed by atoms with E-state index in [2.05, 4.69) is 19.0 Å². The highest BCUT2D eigenvalue weighted by Crippen LogP contribution is 2.33. The molecule has 5 heteroatoms. The van der Waals surface area contributed by atoms with Crippen molar-refractivity contribution in [2.45, 2.75) is 59.4 Å². The van der Waals surface area contributed by atoms with E-state index in [4.69, 9.17) is 10.9 Å². The Bertz CT molecular complexity index is 351. The first-order chi connectivity index (χ1) is 8.92. The van der Waals surface area contributed by atoms with E-state index in [9.17, 15) is 4.79 Å². The molecule has 0 bridgehead atoms. The number of oxime groups is 1. The SMILES string of the molecule is CCC(CC)(C(=O)N1CC(C)CCC1C)C(N)=NO. The number of amidine groups is 1. The van der Waals surface area contributed by atoms with Crippen molar-refractivity contribution in [3.8, 4) is 0 Å². The molecule has 1 heterocycles. The van der Waals surface area contributed by atoms with Crippen LogP contribution in [0.3, 0.4) is 0 Å². The zero-order valence-corrected chi connectivity index (χ0v) is 12.5. The lowest BCUT2D eigenvalue weighted by atomic mass is 9.78. The highest BCUT2D eigenvalue weighted by molar-refractivity contribution is 6.06. The molecule has 0 aliphatic carbocycles. The second-order valence-corrected chi connectivity index (χ2v) is 5.76. The van der Waals surface area contributed by atoms with Gasteiger partial charge in [-0.2, -0.15) is 0 Å². The lowest BCUT2D eigenvalue weighted by molar-refractivity contribution is -0.143. The Balaban J connectivity index is 3.06. The Morgan fingerprint density at radius 1 is 1.37 bits per heavy atom. The van der Waals surface area contributed by atoms with Gasteiger partial charge in [-0.05, 0) is 38.5 Å². The maximum Gasteiger partial charge on any atom is 0.236 e. The summed E-state index contributed by atoms with van der Waals surface area (Å²) >= 11 is 0. The monoisotopic (exact) mass is 269 g/mol.